The molecule has 0 bridgehead atoms. The topological polar surface area (TPSA) is 52.6 Å². The standard InChI is InChI=1S/C13H16O4/c1-4-17-13(15)12(9(2)14)10-5-7-11(16-3)8-6-10/h5-8,12H,4H2,1-3H3. The van der Waals surface area contributed by atoms with E-state index in [1.165, 1.54) is 6.92 Å². The summed E-state index contributed by atoms with van der Waals surface area (Å²) in [6.45, 7) is 3.35. The zero-order chi connectivity index (χ0) is 12.8. The highest BCUT2D eigenvalue weighted by Crippen LogP contribution is 2.21. The second-order valence-electron chi connectivity index (χ2n) is 3.57. The maximum atomic E-state index is 11.7. The van der Waals surface area contributed by atoms with Crippen molar-refractivity contribution in [3.8, 4) is 5.75 Å². The maximum Gasteiger partial charge on any atom is 0.320 e. The number of ether oxygens (including phenoxy) is 2. The molecule has 17 heavy (non-hydrogen) atoms. The molecular formula is C13H16O4. The van der Waals surface area contributed by atoms with Gasteiger partial charge < -0.3 is 9.47 Å². The first-order valence-corrected chi connectivity index (χ1v) is 5.41. The first-order valence-electron chi connectivity index (χ1n) is 5.41. The first kappa shape index (κ1) is 13.2. The van der Waals surface area contributed by atoms with E-state index in [1.54, 1.807) is 38.3 Å². The van der Waals surface area contributed by atoms with Crippen LogP contribution in [0, 0.1) is 0 Å². The molecule has 0 aliphatic heterocycles. The Morgan fingerprint density at radius 1 is 1.24 bits per heavy atom. The lowest BCUT2D eigenvalue weighted by molar-refractivity contribution is -0.147. The second kappa shape index (κ2) is 6.03. The summed E-state index contributed by atoms with van der Waals surface area (Å²) >= 11 is 0. The van der Waals surface area contributed by atoms with Crippen LogP contribution < -0.4 is 4.74 Å². The van der Waals surface area contributed by atoms with Crippen LogP contribution in [0.1, 0.15) is 25.3 Å². The molecule has 0 amide bonds. The molecule has 0 radical (unpaired) electrons. The van der Waals surface area contributed by atoms with Crippen LogP contribution in [-0.2, 0) is 14.3 Å². The lowest BCUT2D eigenvalue weighted by Crippen LogP contribution is -2.22. The van der Waals surface area contributed by atoms with Gasteiger partial charge in [-0.3, -0.25) is 9.59 Å². The average molecular weight is 236 g/mol. The third-order valence-electron chi connectivity index (χ3n) is 2.38. The van der Waals surface area contributed by atoms with Gasteiger partial charge in [0.05, 0.1) is 13.7 Å². The predicted molar refractivity (Wildman–Crippen MR) is 63.0 cm³/mol. The first-order chi connectivity index (χ1) is 8.10. The Bertz CT molecular complexity index is 394. The number of ketones is 1. The normalized spacial score (nSPS) is 11.7. The zero-order valence-corrected chi connectivity index (χ0v) is 10.2. The minimum Gasteiger partial charge on any atom is -0.497 e. The summed E-state index contributed by atoms with van der Waals surface area (Å²) < 4.78 is 9.90. The number of carbonyl (C=O) groups is 2. The molecule has 1 aromatic carbocycles. The summed E-state index contributed by atoms with van der Waals surface area (Å²) in [6, 6.07) is 6.82. The summed E-state index contributed by atoms with van der Waals surface area (Å²) in [5, 5.41) is 0. The van der Waals surface area contributed by atoms with E-state index >= 15 is 0 Å². The van der Waals surface area contributed by atoms with Crippen LogP contribution in [-0.4, -0.2) is 25.5 Å². The fourth-order valence-corrected chi connectivity index (χ4v) is 1.56. The Morgan fingerprint density at radius 2 is 1.82 bits per heavy atom. The van der Waals surface area contributed by atoms with E-state index < -0.39 is 11.9 Å². The average Bonchev–Trinajstić information content (AvgIpc) is 2.30. The van der Waals surface area contributed by atoms with Gasteiger partial charge >= 0.3 is 5.97 Å². The van der Waals surface area contributed by atoms with Crippen molar-refractivity contribution in [1.82, 2.24) is 0 Å². The maximum absolute atomic E-state index is 11.7. The van der Waals surface area contributed by atoms with E-state index in [4.69, 9.17) is 9.47 Å². The highest BCUT2D eigenvalue weighted by molar-refractivity contribution is 6.03. The predicted octanol–water partition coefficient (Wildman–Crippen LogP) is 1.93. The number of esters is 1. The van der Waals surface area contributed by atoms with Gasteiger partial charge in [-0.2, -0.15) is 0 Å². The van der Waals surface area contributed by atoms with E-state index in [9.17, 15) is 9.59 Å². The number of carbonyl (C=O) groups excluding carboxylic acids is 2. The van der Waals surface area contributed by atoms with Gasteiger partial charge in [-0.1, -0.05) is 12.1 Å². The monoisotopic (exact) mass is 236 g/mol. The number of Topliss-reactive ketones (excluding diaryl/α,β-unsaturated/α-hetero) is 1. The van der Waals surface area contributed by atoms with Gasteiger partial charge in [-0.25, -0.2) is 0 Å². The summed E-state index contributed by atoms with van der Waals surface area (Å²) in [5.41, 5.74) is 0.622. The molecule has 0 aliphatic rings. The summed E-state index contributed by atoms with van der Waals surface area (Å²) in [7, 11) is 1.56. The Labute approximate surface area is 101 Å². The molecule has 0 saturated carbocycles. The van der Waals surface area contributed by atoms with Gasteiger partial charge in [-0.15, -0.1) is 0 Å². The SMILES string of the molecule is CCOC(=O)C(C(C)=O)c1ccc(OC)cc1. The van der Waals surface area contributed by atoms with Crippen molar-refractivity contribution in [3.63, 3.8) is 0 Å². The van der Waals surface area contributed by atoms with Crippen LogP contribution in [0.15, 0.2) is 24.3 Å². The minimum atomic E-state index is -0.846. The lowest BCUT2D eigenvalue weighted by atomic mass is 9.95. The number of rotatable bonds is 5. The van der Waals surface area contributed by atoms with Crippen molar-refractivity contribution in [2.75, 3.05) is 13.7 Å². The molecule has 0 heterocycles. The fraction of sp³-hybridized carbons (Fsp3) is 0.385. The van der Waals surface area contributed by atoms with Crippen molar-refractivity contribution in [3.05, 3.63) is 29.8 Å². The largest absolute Gasteiger partial charge is 0.497 e. The molecule has 1 unspecified atom stereocenters. The molecule has 0 aliphatic carbocycles. The third-order valence-corrected chi connectivity index (χ3v) is 2.38. The van der Waals surface area contributed by atoms with Crippen LogP contribution >= 0.6 is 0 Å². The van der Waals surface area contributed by atoms with Crippen molar-refractivity contribution in [2.24, 2.45) is 0 Å². The van der Waals surface area contributed by atoms with Crippen molar-refractivity contribution in [2.45, 2.75) is 19.8 Å². The van der Waals surface area contributed by atoms with Gasteiger partial charge in [0.15, 0.2) is 0 Å². The molecule has 0 spiro atoms. The van der Waals surface area contributed by atoms with Crippen LogP contribution in [0.4, 0.5) is 0 Å². The molecule has 0 saturated heterocycles. The summed E-state index contributed by atoms with van der Waals surface area (Å²) in [6.07, 6.45) is 0. The van der Waals surface area contributed by atoms with E-state index in [2.05, 4.69) is 0 Å². The minimum absolute atomic E-state index is 0.228. The number of hydrogen-bond acceptors (Lipinski definition) is 4. The van der Waals surface area contributed by atoms with Gasteiger partial charge in [0, 0.05) is 0 Å². The molecule has 4 heteroatoms. The Kier molecular flexibility index (Phi) is 4.69. The second-order valence-corrected chi connectivity index (χ2v) is 3.57. The Balaban J connectivity index is 2.97. The molecule has 1 atom stereocenters. The Hall–Kier alpha value is -1.84. The smallest absolute Gasteiger partial charge is 0.320 e. The molecule has 0 aromatic heterocycles. The molecule has 4 nitrogen and oxygen atoms in total. The quantitative estimate of drug-likeness (QED) is 0.579. The molecule has 92 valence electrons. The molecule has 0 fully saturated rings. The molecule has 0 N–H and O–H groups in total. The number of methoxy groups -OCH3 is 1. The van der Waals surface area contributed by atoms with E-state index in [1.807, 2.05) is 0 Å². The van der Waals surface area contributed by atoms with E-state index in [0.29, 0.717) is 11.3 Å². The number of benzene rings is 1. The van der Waals surface area contributed by atoms with Crippen LogP contribution in [0.25, 0.3) is 0 Å². The molecule has 1 rings (SSSR count). The number of hydrogen-bond donors (Lipinski definition) is 0. The third kappa shape index (κ3) is 3.31. The Morgan fingerprint density at radius 3 is 2.24 bits per heavy atom. The fourth-order valence-electron chi connectivity index (χ4n) is 1.56. The molecular weight excluding hydrogens is 220 g/mol. The summed E-state index contributed by atoms with van der Waals surface area (Å²) in [5.74, 6) is -0.903. The van der Waals surface area contributed by atoms with E-state index in [0.717, 1.165) is 0 Å². The highest BCUT2D eigenvalue weighted by atomic mass is 16.5. The van der Waals surface area contributed by atoms with Gasteiger partial charge in [0.1, 0.15) is 17.5 Å². The van der Waals surface area contributed by atoms with Crippen molar-refractivity contribution < 1.29 is 19.1 Å². The van der Waals surface area contributed by atoms with E-state index in [-0.39, 0.29) is 12.4 Å². The highest BCUT2D eigenvalue weighted by Gasteiger charge is 2.26. The summed E-state index contributed by atoms with van der Waals surface area (Å²) in [4.78, 5) is 23.1. The molecule has 1 aromatic rings. The van der Waals surface area contributed by atoms with Gasteiger partial charge in [0.25, 0.3) is 0 Å². The van der Waals surface area contributed by atoms with Crippen LogP contribution in [0.3, 0.4) is 0 Å². The van der Waals surface area contributed by atoms with Crippen LogP contribution in [0.5, 0.6) is 5.75 Å². The van der Waals surface area contributed by atoms with Gasteiger partial charge in [-0.05, 0) is 31.5 Å². The van der Waals surface area contributed by atoms with Crippen LogP contribution in [0.2, 0.25) is 0 Å². The van der Waals surface area contributed by atoms with Gasteiger partial charge in [0.2, 0.25) is 0 Å². The van der Waals surface area contributed by atoms with Crippen molar-refractivity contribution >= 4 is 11.8 Å². The van der Waals surface area contributed by atoms with Crippen molar-refractivity contribution in [1.29, 1.82) is 0 Å². The lowest BCUT2D eigenvalue weighted by Gasteiger charge is -2.13. The zero-order valence-electron chi connectivity index (χ0n) is 10.2.